The Morgan fingerprint density at radius 2 is 0.427 bits per heavy atom. The van der Waals surface area contributed by atoms with Crippen LogP contribution in [0.25, 0.3) is 55.6 Å². The van der Waals surface area contributed by atoms with Gasteiger partial charge in [-0.3, -0.25) is 24.0 Å². The standard InChI is InChI=1S/C86H58O10/c1-37(76(87)88)42-7-17-47(18-8-42)82-62-52-27-28-53-55-30-32-57-59-34-36-61-60-35-33-58-56-31-29-54(52)64(82)66(56)84(49-21-11-44(12-22-49)39(3)78(91)92)68(58)70(60)86(51-25-15-46(16-26-51)41(5)80(95)96)71(61)69(59)85(50-23-13-45(14-24-50)40(4)79(93)94)67(57)65(55)83(63(53)62,73-72(82)74(84)81(86,6)75(73)85)48-19-9-43(10-20-48)38(2)77(89)90/h7-41H,1-6H3,(H,87,88)(H,89,90)(H,91,92)(H,93,94)(H,95,96)/t37?,38?,39?,40?,41?,81-,82+,83-,84+,85-,86+. The highest BCUT2D eigenvalue weighted by molar-refractivity contribution is 6.15. The largest absolute Gasteiger partial charge is 0.481 e. The van der Waals surface area contributed by atoms with Crippen LogP contribution < -0.4 is 0 Å². The molecule has 10 heteroatoms. The zero-order valence-electron chi connectivity index (χ0n) is 53.0. The van der Waals surface area contributed by atoms with Gasteiger partial charge in [0, 0.05) is 5.41 Å². The third-order valence-electron chi connectivity index (χ3n) is 26.3. The lowest BCUT2D eigenvalue weighted by atomic mass is 9.35. The minimum Gasteiger partial charge on any atom is -0.481 e. The summed E-state index contributed by atoms with van der Waals surface area (Å²) in [4.78, 5) is 65.3. The molecule has 10 aromatic rings. The fourth-order valence-electron chi connectivity index (χ4n) is 22.5. The number of rotatable bonds is 15. The SMILES string of the molecule is CC(C(=O)O)c1ccc([C@]23C4=C5[C@]6(c7ccc(C(C)C(=O)O)cc7)c7c8ccc(c72)-c2ccc7c(c23)[C@]2(c3ccc(C(C)C(=O)O)cc3)C4=C3[C@@]4(c9ccc(C(C)C(=O)O)cc9)c9c(ccc-7c92)-c2ccc7c(c24)[C@@](c2ccc(C(C)C(=O)O)cc2)(c2c-7ccc-8c26)[C@@]53C)cc1. The Morgan fingerprint density at radius 1 is 0.250 bits per heavy atom. The quantitative estimate of drug-likeness (QED) is 0.0661. The van der Waals surface area contributed by atoms with Crippen molar-refractivity contribution in [2.75, 3.05) is 0 Å². The van der Waals surface area contributed by atoms with E-state index < -0.39 is 91.9 Å². The van der Waals surface area contributed by atoms with E-state index in [9.17, 15) is 49.5 Å². The molecule has 0 radical (unpaired) electrons. The Morgan fingerprint density at radius 3 is 0.646 bits per heavy atom. The summed E-state index contributed by atoms with van der Waals surface area (Å²) in [7, 11) is 0. The van der Waals surface area contributed by atoms with E-state index in [4.69, 9.17) is 0 Å². The monoisotopic (exact) mass is 1250 g/mol. The predicted molar refractivity (Wildman–Crippen MR) is 361 cm³/mol. The van der Waals surface area contributed by atoms with Gasteiger partial charge >= 0.3 is 29.8 Å². The molecule has 11 aliphatic carbocycles. The third-order valence-corrected chi connectivity index (χ3v) is 26.3. The number of carboxylic acids is 5. The molecular weight excluding hydrogens is 1190 g/mol. The highest BCUT2D eigenvalue weighted by Crippen LogP contribution is 2.93. The predicted octanol–water partition coefficient (Wildman–Crippen LogP) is 16.2. The van der Waals surface area contributed by atoms with Crippen LogP contribution in [0.2, 0.25) is 0 Å². The van der Waals surface area contributed by atoms with E-state index in [-0.39, 0.29) is 0 Å². The molecule has 0 aromatic heterocycles. The number of benzene rings is 10. The van der Waals surface area contributed by atoms with E-state index in [1.165, 1.54) is 44.5 Å². The van der Waals surface area contributed by atoms with Crippen LogP contribution in [0.5, 0.6) is 0 Å². The normalized spacial score (nSPS) is 25.8. The first-order chi connectivity index (χ1) is 46.2. The Labute approximate surface area is 551 Å². The zero-order valence-corrected chi connectivity index (χ0v) is 53.0. The fourth-order valence-corrected chi connectivity index (χ4v) is 22.5. The Bertz CT molecular complexity index is 5360. The molecule has 5 N–H and O–H groups in total. The second-order valence-electron chi connectivity index (χ2n) is 29.3. The molecule has 11 atom stereocenters. The summed E-state index contributed by atoms with van der Waals surface area (Å²) >= 11 is 0. The average molecular weight is 1250 g/mol. The van der Waals surface area contributed by atoms with Gasteiger partial charge in [-0.25, -0.2) is 0 Å². The third kappa shape index (κ3) is 5.10. The lowest BCUT2D eigenvalue weighted by molar-refractivity contribution is -0.139. The first-order valence-corrected chi connectivity index (χ1v) is 33.3. The second-order valence-corrected chi connectivity index (χ2v) is 29.3. The van der Waals surface area contributed by atoms with Gasteiger partial charge in [0.15, 0.2) is 0 Å². The Kier molecular flexibility index (Phi) is 9.39. The number of carbonyl (C=O) groups is 5. The summed E-state index contributed by atoms with van der Waals surface area (Å²) in [5.41, 5.74) is 29.0. The first kappa shape index (κ1) is 54.4. The number of hydrogen-bond acceptors (Lipinski definition) is 5. The maximum absolute atomic E-state index is 13.1. The van der Waals surface area contributed by atoms with Crippen molar-refractivity contribution >= 4 is 29.8 Å². The van der Waals surface area contributed by atoms with Crippen LogP contribution in [-0.2, 0) is 51.0 Å². The molecule has 0 bridgehead atoms. The maximum Gasteiger partial charge on any atom is 0.310 e. The van der Waals surface area contributed by atoms with Gasteiger partial charge in [0.1, 0.15) is 0 Å². The van der Waals surface area contributed by atoms with Gasteiger partial charge in [-0.1, -0.05) is 189 Å². The van der Waals surface area contributed by atoms with E-state index in [1.54, 1.807) is 34.6 Å². The van der Waals surface area contributed by atoms with Crippen molar-refractivity contribution < 1.29 is 49.5 Å². The lowest BCUT2D eigenvalue weighted by Gasteiger charge is -2.65. The van der Waals surface area contributed by atoms with Crippen LogP contribution >= 0.6 is 0 Å². The molecule has 21 rings (SSSR count). The molecule has 0 fully saturated rings. The molecule has 0 saturated carbocycles. The number of hydrogen-bond donors (Lipinski definition) is 5. The van der Waals surface area contributed by atoms with Crippen molar-refractivity contribution in [3.8, 4) is 55.6 Å². The zero-order chi connectivity index (χ0) is 65.6. The van der Waals surface area contributed by atoms with Crippen molar-refractivity contribution in [3.63, 3.8) is 0 Å². The molecule has 0 aliphatic heterocycles. The topological polar surface area (TPSA) is 186 Å². The molecule has 10 nitrogen and oxygen atoms in total. The van der Waals surface area contributed by atoms with Gasteiger partial charge < -0.3 is 25.5 Å². The molecule has 11 aliphatic rings. The van der Waals surface area contributed by atoms with E-state index in [1.807, 2.05) is 60.7 Å². The second kappa shape index (κ2) is 16.6. The van der Waals surface area contributed by atoms with Gasteiger partial charge in [0.25, 0.3) is 0 Å². The van der Waals surface area contributed by atoms with Gasteiger partial charge in [0.05, 0.1) is 56.7 Å². The average Bonchev–Trinajstić information content (AvgIpc) is 1.39. The Balaban J connectivity index is 1.07. The summed E-state index contributed by atoms with van der Waals surface area (Å²) < 4.78 is 0. The molecule has 0 amide bonds. The van der Waals surface area contributed by atoms with E-state index in [0.717, 1.165) is 117 Å². The highest BCUT2D eigenvalue weighted by atomic mass is 16.4. The number of aliphatic carboxylic acids is 5. The Hall–Kier alpha value is -11.0. The summed E-state index contributed by atoms with van der Waals surface area (Å²) in [5.74, 6) is -8.70. The van der Waals surface area contributed by atoms with Crippen LogP contribution in [0, 0.1) is 5.41 Å². The number of carboxylic acid groups (broad SMARTS) is 5. The lowest BCUT2D eigenvalue weighted by Crippen LogP contribution is -2.62. The van der Waals surface area contributed by atoms with Crippen LogP contribution in [0.15, 0.2) is 204 Å². The molecule has 0 spiro atoms. The molecule has 96 heavy (non-hydrogen) atoms. The molecule has 10 aromatic carbocycles. The molecule has 5 unspecified atom stereocenters. The summed E-state index contributed by atoms with van der Waals surface area (Å²) in [5, 5.41) is 53.5. The fraction of sp³-hybridized carbons (Fsp3) is 0.198. The molecule has 0 saturated heterocycles. The minimum absolute atomic E-state index is 0.670. The van der Waals surface area contributed by atoms with Crippen LogP contribution in [0.1, 0.15) is 182 Å². The minimum atomic E-state index is -1.14. The summed E-state index contributed by atoms with van der Waals surface area (Å²) in [6.07, 6.45) is 0. The van der Waals surface area contributed by atoms with E-state index in [0.29, 0.717) is 27.8 Å². The van der Waals surface area contributed by atoms with Crippen molar-refractivity contribution in [2.24, 2.45) is 5.41 Å². The highest BCUT2D eigenvalue weighted by Gasteiger charge is 2.85. The van der Waals surface area contributed by atoms with Crippen LogP contribution in [-0.4, -0.2) is 55.4 Å². The van der Waals surface area contributed by atoms with Crippen molar-refractivity contribution in [1.82, 2.24) is 0 Å². The summed E-state index contributed by atoms with van der Waals surface area (Å²) in [6.45, 7) is 11.2. The molecule has 462 valence electrons. The van der Waals surface area contributed by atoms with Gasteiger partial charge in [-0.15, -0.1) is 0 Å². The van der Waals surface area contributed by atoms with Crippen molar-refractivity contribution in [1.29, 1.82) is 0 Å². The van der Waals surface area contributed by atoms with Gasteiger partial charge in [-0.2, -0.15) is 0 Å². The van der Waals surface area contributed by atoms with Crippen LogP contribution in [0.4, 0.5) is 0 Å². The van der Waals surface area contributed by atoms with E-state index in [2.05, 4.69) is 128 Å². The number of allylic oxidation sites excluding steroid dienone is 4. The molecular formula is C86H58O10. The van der Waals surface area contributed by atoms with Crippen molar-refractivity contribution in [3.05, 3.63) is 316 Å². The van der Waals surface area contributed by atoms with Crippen LogP contribution in [0.3, 0.4) is 0 Å². The smallest absolute Gasteiger partial charge is 0.310 e. The summed E-state index contributed by atoms with van der Waals surface area (Å²) in [6, 6.07) is 65.8. The van der Waals surface area contributed by atoms with Gasteiger partial charge in [0.2, 0.25) is 0 Å². The maximum atomic E-state index is 13.1. The van der Waals surface area contributed by atoms with Gasteiger partial charge in [-0.05, 0) is 224 Å². The van der Waals surface area contributed by atoms with E-state index >= 15 is 0 Å². The molecule has 0 heterocycles. The number of fused-ring (bicyclic) bond motifs is 5. The first-order valence-electron chi connectivity index (χ1n) is 33.3. The van der Waals surface area contributed by atoms with Crippen molar-refractivity contribution in [2.45, 2.75) is 98.2 Å².